The summed E-state index contributed by atoms with van der Waals surface area (Å²) in [5.41, 5.74) is 9.98. The summed E-state index contributed by atoms with van der Waals surface area (Å²) in [6.45, 7) is 2.87. The highest BCUT2D eigenvalue weighted by atomic mass is 32.2. The van der Waals surface area contributed by atoms with Crippen molar-refractivity contribution in [3.63, 3.8) is 0 Å². The molecule has 0 aliphatic carbocycles. The third kappa shape index (κ3) is 3.35. The molecule has 0 amide bonds. The van der Waals surface area contributed by atoms with Crippen LogP contribution in [0.25, 0.3) is 0 Å². The molecule has 17 heavy (non-hydrogen) atoms. The monoisotopic (exact) mass is 263 g/mol. The van der Waals surface area contributed by atoms with Crippen LogP contribution in [0.3, 0.4) is 0 Å². The minimum Gasteiger partial charge on any atom is -0.329 e. The van der Waals surface area contributed by atoms with Crippen molar-refractivity contribution in [2.75, 3.05) is 6.54 Å². The van der Waals surface area contributed by atoms with Gasteiger partial charge in [0.2, 0.25) is 0 Å². The van der Waals surface area contributed by atoms with E-state index in [2.05, 4.69) is 48.0 Å². The zero-order chi connectivity index (χ0) is 12.1. The summed E-state index contributed by atoms with van der Waals surface area (Å²) in [6, 6.07) is 10.7. The highest BCUT2D eigenvalue weighted by Gasteiger charge is 2.11. The van der Waals surface area contributed by atoms with Crippen molar-refractivity contribution in [3.8, 4) is 0 Å². The molecule has 0 spiro atoms. The lowest BCUT2D eigenvalue weighted by Gasteiger charge is -2.14. The summed E-state index contributed by atoms with van der Waals surface area (Å²) in [7, 11) is 0. The highest BCUT2D eigenvalue weighted by molar-refractivity contribution is 7.98. The average molecular weight is 263 g/mol. The quantitative estimate of drug-likeness (QED) is 0.882. The van der Waals surface area contributed by atoms with Crippen LogP contribution in [0, 0.1) is 6.92 Å². The maximum absolute atomic E-state index is 5.85. The summed E-state index contributed by atoms with van der Waals surface area (Å²) in [4.78, 5) is 0. The molecule has 1 aromatic heterocycles. The van der Waals surface area contributed by atoms with E-state index in [9.17, 15) is 0 Å². The standard InChI is InChI=1S/C14H17NS2/c1-11-4-2-3-5-12(11)10-17-14(8-15)13-6-7-16-9-13/h2-7,9,14H,8,10,15H2,1H3. The molecular formula is C14H17NS2. The molecule has 0 saturated heterocycles. The average Bonchev–Trinajstić information content (AvgIpc) is 2.86. The van der Waals surface area contributed by atoms with E-state index in [4.69, 9.17) is 5.73 Å². The molecule has 1 unspecified atom stereocenters. The molecule has 2 aromatic rings. The lowest BCUT2D eigenvalue weighted by atomic mass is 10.1. The Morgan fingerprint density at radius 2 is 2.12 bits per heavy atom. The number of hydrogen-bond acceptors (Lipinski definition) is 3. The molecule has 0 bridgehead atoms. The number of thiophene rings is 1. The fourth-order valence-corrected chi connectivity index (χ4v) is 3.70. The van der Waals surface area contributed by atoms with Crippen molar-refractivity contribution in [2.45, 2.75) is 17.9 Å². The lowest BCUT2D eigenvalue weighted by Crippen LogP contribution is -2.08. The molecule has 2 N–H and O–H groups in total. The van der Waals surface area contributed by atoms with Crippen molar-refractivity contribution in [1.29, 1.82) is 0 Å². The van der Waals surface area contributed by atoms with Crippen molar-refractivity contribution in [1.82, 2.24) is 0 Å². The topological polar surface area (TPSA) is 26.0 Å². The van der Waals surface area contributed by atoms with Gasteiger partial charge in [0.25, 0.3) is 0 Å². The molecule has 0 fully saturated rings. The van der Waals surface area contributed by atoms with E-state index in [0.29, 0.717) is 11.8 Å². The molecule has 90 valence electrons. The van der Waals surface area contributed by atoms with Gasteiger partial charge in [0.15, 0.2) is 0 Å². The Labute approximate surface area is 111 Å². The second-order valence-corrected chi connectivity index (χ2v) is 5.99. The van der Waals surface area contributed by atoms with E-state index in [-0.39, 0.29) is 0 Å². The van der Waals surface area contributed by atoms with Crippen LogP contribution in [-0.4, -0.2) is 6.54 Å². The molecule has 0 saturated carbocycles. The predicted octanol–water partition coefficient (Wildman–Crippen LogP) is 3.99. The zero-order valence-electron chi connectivity index (χ0n) is 9.93. The van der Waals surface area contributed by atoms with Crippen LogP contribution in [0.1, 0.15) is 21.9 Å². The summed E-state index contributed by atoms with van der Waals surface area (Å²) >= 11 is 3.67. The normalized spacial score (nSPS) is 12.6. The van der Waals surface area contributed by atoms with Gasteiger partial charge in [-0.15, -0.1) is 11.8 Å². The molecular weight excluding hydrogens is 246 g/mol. The first-order valence-electron chi connectivity index (χ1n) is 5.69. The first-order chi connectivity index (χ1) is 8.31. The van der Waals surface area contributed by atoms with E-state index in [1.165, 1.54) is 16.7 Å². The van der Waals surface area contributed by atoms with Gasteiger partial charge in [0.1, 0.15) is 0 Å². The Bertz CT molecular complexity index is 451. The van der Waals surface area contributed by atoms with Gasteiger partial charge in [-0.3, -0.25) is 0 Å². The van der Waals surface area contributed by atoms with Gasteiger partial charge in [-0.05, 0) is 40.4 Å². The molecule has 3 heteroatoms. The van der Waals surface area contributed by atoms with E-state index < -0.39 is 0 Å². The maximum atomic E-state index is 5.85. The van der Waals surface area contributed by atoms with Gasteiger partial charge in [-0.2, -0.15) is 11.3 Å². The third-order valence-corrected chi connectivity index (χ3v) is 4.88. The van der Waals surface area contributed by atoms with Crippen molar-refractivity contribution in [3.05, 3.63) is 57.8 Å². The molecule has 0 aliphatic rings. The molecule has 1 heterocycles. The fraction of sp³-hybridized carbons (Fsp3) is 0.286. The third-order valence-electron chi connectivity index (χ3n) is 2.83. The zero-order valence-corrected chi connectivity index (χ0v) is 11.6. The maximum Gasteiger partial charge on any atom is 0.0431 e. The minimum atomic E-state index is 0.417. The van der Waals surface area contributed by atoms with Crippen LogP contribution in [0.5, 0.6) is 0 Å². The molecule has 1 aromatic carbocycles. The Kier molecular flexibility index (Phi) is 4.66. The summed E-state index contributed by atoms with van der Waals surface area (Å²) in [5, 5.41) is 4.73. The van der Waals surface area contributed by atoms with Crippen LogP contribution in [0.15, 0.2) is 41.1 Å². The Morgan fingerprint density at radius 3 is 2.76 bits per heavy atom. The molecule has 0 radical (unpaired) electrons. The number of benzene rings is 1. The van der Waals surface area contributed by atoms with Crippen LogP contribution in [0.2, 0.25) is 0 Å². The van der Waals surface area contributed by atoms with Gasteiger partial charge in [-0.25, -0.2) is 0 Å². The number of thioether (sulfide) groups is 1. The van der Waals surface area contributed by atoms with E-state index in [0.717, 1.165) is 5.75 Å². The second-order valence-electron chi connectivity index (χ2n) is 4.02. The number of aryl methyl sites for hydroxylation is 1. The molecule has 2 rings (SSSR count). The summed E-state index contributed by atoms with van der Waals surface area (Å²) < 4.78 is 0. The predicted molar refractivity (Wildman–Crippen MR) is 78.6 cm³/mol. The van der Waals surface area contributed by atoms with Crippen LogP contribution in [0.4, 0.5) is 0 Å². The van der Waals surface area contributed by atoms with Gasteiger partial charge < -0.3 is 5.73 Å². The van der Waals surface area contributed by atoms with Crippen molar-refractivity contribution >= 4 is 23.1 Å². The van der Waals surface area contributed by atoms with Crippen LogP contribution < -0.4 is 5.73 Å². The van der Waals surface area contributed by atoms with Gasteiger partial charge >= 0.3 is 0 Å². The van der Waals surface area contributed by atoms with Gasteiger partial charge in [0.05, 0.1) is 0 Å². The first-order valence-corrected chi connectivity index (χ1v) is 7.68. The summed E-state index contributed by atoms with van der Waals surface area (Å²) in [5.74, 6) is 1.03. The Balaban J connectivity index is 2.00. The Hall–Kier alpha value is -0.770. The molecule has 0 aliphatic heterocycles. The highest BCUT2D eigenvalue weighted by Crippen LogP contribution is 2.32. The number of rotatable bonds is 5. The van der Waals surface area contributed by atoms with Crippen molar-refractivity contribution in [2.24, 2.45) is 5.73 Å². The molecule has 1 atom stereocenters. The smallest absolute Gasteiger partial charge is 0.0431 e. The van der Waals surface area contributed by atoms with E-state index in [1.54, 1.807) is 11.3 Å². The second kappa shape index (κ2) is 6.24. The summed E-state index contributed by atoms with van der Waals surface area (Å²) in [6.07, 6.45) is 0. The Morgan fingerprint density at radius 1 is 1.29 bits per heavy atom. The SMILES string of the molecule is Cc1ccccc1CSC(CN)c1ccsc1. The van der Waals surface area contributed by atoms with Crippen LogP contribution in [-0.2, 0) is 5.75 Å². The number of nitrogens with two attached hydrogens (primary N) is 1. The van der Waals surface area contributed by atoms with E-state index in [1.807, 2.05) is 11.8 Å². The minimum absolute atomic E-state index is 0.417. The number of hydrogen-bond donors (Lipinski definition) is 1. The fourth-order valence-electron chi connectivity index (χ4n) is 1.72. The van der Waals surface area contributed by atoms with E-state index >= 15 is 0 Å². The van der Waals surface area contributed by atoms with Gasteiger partial charge in [0, 0.05) is 17.5 Å². The largest absolute Gasteiger partial charge is 0.329 e. The molecule has 1 nitrogen and oxygen atoms in total. The lowest BCUT2D eigenvalue weighted by molar-refractivity contribution is 0.945. The van der Waals surface area contributed by atoms with Crippen LogP contribution >= 0.6 is 23.1 Å². The first kappa shape index (κ1) is 12.7. The van der Waals surface area contributed by atoms with Crippen molar-refractivity contribution < 1.29 is 0 Å². The van der Waals surface area contributed by atoms with Gasteiger partial charge in [-0.1, -0.05) is 24.3 Å².